The highest BCUT2D eigenvalue weighted by Crippen LogP contribution is 2.18. The predicted octanol–water partition coefficient (Wildman–Crippen LogP) is 0.950. The number of nitrogens with zero attached hydrogens (tertiary/aromatic N) is 3. The zero-order valence-corrected chi connectivity index (χ0v) is 11.9. The van der Waals surface area contributed by atoms with E-state index in [1.54, 1.807) is 0 Å². The molecule has 5 heteroatoms. The van der Waals surface area contributed by atoms with E-state index < -0.39 is 0 Å². The largest absolute Gasteiger partial charge is 0.478 e. The topological polar surface area (TPSA) is 54.6 Å². The van der Waals surface area contributed by atoms with Crippen molar-refractivity contribution in [3.63, 3.8) is 0 Å². The molecular formula is C14H24N4O. The average Bonchev–Trinajstić information content (AvgIpc) is 2.47. The summed E-state index contributed by atoms with van der Waals surface area (Å²) in [4.78, 5) is 9.28. The molecule has 1 atom stereocenters. The van der Waals surface area contributed by atoms with Crippen LogP contribution in [0.3, 0.4) is 0 Å². The van der Waals surface area contributed by atoms with E-state index in [1.807, 2.05) is 25.1 Å². The summed E-state index contributed by atoms with van der Waals surface area (Å²) in [5, 5.41) is 0. The molecule has 1 aromatic heterocycles. The summed E-state index contributed by atoms with van der Waals surface area (Å²) in [6.07, 6.45) is 0. The lowest BCUT2D eigenvalue weighted by Crippen LogP contribution is -2.51. The van der Waals surface area contributed by atoms with Gasteiger partial charge in [-0.2, -0.15) is 4.98 Å². The molecule has 2 rings (SSSR count). The van der Waals surface area contributed by atoms with Crippen molar-refractivity contribution < 1.29 is 4.74 Å². The number of hydrogen-bond acceptors (Lipinski definition) is 5. The predicted molar refractivity (Wildman–Crippen MR) is 77.7 cm³/mol. The van der Waals surface area contributed by atoms with E-state index in [9.17, 15) is 0 Å². The van der Waals surface area contributed by atoms with Crippen LogP contribution in [0.1, 0.15) is 13.8 Å². The fourth-order valence-electron chi connectivity index (χ4n) is 2.35. The van der Waals surface area contributed by atoms with Gasteiger partial charge in [-0.25, -0.2) is 0 Å². The molecule has 0 bridgehead atoms. The number of piperazine rings is 1. The quantitative estimate of drug-likeness (QED) is 0.858. The number of rotatable bonds is 5. The van der Waals surface area contributed by atoms with Crippen molar-refractivity contribution in [2.45, 2.75) is 19.9 Å². The van der Waals surface area contributed by atoms with Crippen molar-refractivity contribution >= 4 is 5.82 Å². The fraction of sp³-hybridized carbons (Fsp3) is 0.643. The molecule has 1 unspecified atom stereocenters. The molecule has 106 valence electrons. The Kier molecular flexibility index (Phi) is 4.99. The minimum Gasteiger partial charge on any atom is -0.478 e. The fourth-order valence-corrected chi connectivity index (χ4v) is 2.35. The van der Waals surface area contributed by atoms with Crippen molar-refractivity contribution in [1.29, 1.82) is 0 Å². The lowest BCUT2D eigenvalue weighted by atomic mass is 10.2. The highest BCUT2D eigenvalue weighted by molar-refractivity contribution is 5.41. The van der Waals surface area contributed by atoms with Crippen molar-refractivity contribution in [2.75, 3.05) is 44.2 Å². The van der Waals surface area contributed by atoms with Gasteiger partial charge in [0.05, 0.1) is 6.61 Å². The molecule has 1 aromatic rings. The molecule has 0 aliphatic carbocycles. The minimum atomic E-state index is 0.463. The van der Waals surface area contributed by atoms with E-state index in [2.05, 4.69) is 21.7 Å². The molecule has 19 heavy (non-hydrogen) atoms. The molecule has 0 amide bonds. The maximum atomic E-state index is 5.72. The number of hydrogen-bond donors (Lipinski definition) is 1. The molecule has 2 N–H and O–H groups in total. The number of aromatic nitrogens is 1. The van der Waals surface area contributed by atoms with Gasteiger partial charge in [0.25, 0.3) is 0 Å². The van der Waals surface area contributed by atoms with E-state index in [-0.39, 0.29) is 0 Å². The smallest absolute Gasteiger partial charge is 0.215 e. The lowest BCUT2D eigenvalue weighted by Gasteiger charge is -2.38. The van der Waals surface area contributed by atoms with Gasteiger partial charge in [0.1, 0.15) is 5.82 Å². The first-order valence-corrected chi connectivity index (χ1v) is 7.03. The van der Waals surface area contributed by atoms with Crippen LogP contribution in [0.2, 0.25) is 0 Å². The highest BCUT2D eigenvalue weighted by Gasteiger charge is 2.21. The zero-order valence-electron chi connectivity index (χ0n) is 11.9. The van der Waals surface area contributed by atoms with Gasteiger partial charge >= 0.3 is 0 Å². The third-order valence-electron chi connectivity index (χ3n) is 3.60. The maximum Gasteiger partial charge on any atom is 0.215 e. The van der Waals surface area contributed by atoms with E-state index >= 15 is 0 Å². The lowest BCUT2D eigenvalue weighted by molar-refractivity contribution is 0.201. The Balaban J connectivity index is 1.95. The van der Waals surface area contributed by atoms with E-state index in [1.165, 1.54) is 0 Å². The first kappa shape index (κ1) is 14.1. The van der Waals surface area contributed by atoms with Crippen LogP contribution in [-0.4, -0.2) is 55.3 Å². The summed E-state index contributed by atoms with van der Waals surface area (Å²) in [6, 6.07) is 6.41. The van der Waals surface area contributed by atoms with Gasteiger partial charge < -0.3 is 15.4 Å². The molecular weight excluding hydrogens is 240 g/mol. The molecule has 0 saturated carbocycles. The first-order chi connectivity index (χ1) is 9.24. The van der Waals surface area contributed by atoms with Crippen LogP contribution in [0.4, 0.5) is 5.82 Å². The maximum absolute atomic E-state index is 5.72. The molecule has 5 nitrogen and oxygen atoms in total. The molecule has 1 aliphatic heterocycles. The van der Waals surface area contributed by atoms with Crippen molar-refractivity contribution in [2.24, 2.45) is 5.73 Å². The van der Waals surface area contributed by atoms with Gasteiger partial charge in [0.2, 0.25) is 5.88 Å². The molecule has 2 heterocycles. The normalized spacial score (nSPS) is 18.4. The minimum absolute atomic E-state index is 0.463. The Morgan fingerprint density at radius 3 is 2.68 bits per heavy atom. The highest BCUT2D eigenvalue weighted by atomic mass is 16.5. The SMILES string of the molecule is CCOc1cccc(N2CCN(C(C)CN)CC2)n1. The van der Waals surface area contributed by atoms with Crippen LogP contribution >= 0.6 is 0 Å². The molecule has 0 radical (unpaired) electrons. The van der Waals surface area contributed by atoms with Crippen LogP contribution < -0.4 is 15.4 Å². The number of pyridine rings is 1. The Morgan fingerprint density at radius 2 is 2.05 bits per heavy atom. The molecule has 1 fully saturated rings. The molecule has 1 saturated heterocycles. The zero-order chi connectivity index (χ0) is 13.7. The van der Waals surface area contributed by atoms with Crippen molar-refractivity contribution in [3.8, 4) is 5.88 Å². The Morgan fingerprint density at radius 1 is 1.32 bits per heavy atom. The summed E-state index contributed by atoms with van der Waals surface area (Å²) < 4.78 is 5.45. The van der Waals surface area contributed by atoms with Gasteiger partial charge in [-0.15, -0.1) is 0 Å². The second kappa shape index (κ2) is 6.73. The summed E-state index contributed by atoms with van der Waals surface area (Å²) >= 11 is 0. The van der Waals surface area contributed by atoms with Gasteiger partial charge in [-0.05, 0) is 19.9 Å². The Bertz CT molecular complexity index is 391. The number of ether oxygens (including phenoxy) is 1. The van der Waals surface area contributed by atoms with Crippen molar-refractivity contribution in [1.82, 2.24) is 9.88 Å². The monoisotopic (exact) mass is 264 g/mol. The van der Waals surface area contributed by atoms with Gasteiger partial charge in [-0.1, -0.05) is 6.07 Å². The summed E-state index contributed by atoms with van der Waals surface area (Å²) in [7, 11) is 0. The summed E-state index contributed by atoms with van der Waals surface area (Å²) in [6.45, 7) is 9.60. The van der Waals surface area contributed by atoms with E-state index in [4.69, 9.17) is 10.5 Å². The third-order valence-corrected chi connectivity index (χ3v) is 3.60. The summed E-state index contributed by atoms with van der Waals surface area (Å²) in [5.74, 6) is 1.71. The van der Waals surface area contributed by atoms with Crippen LogP contribution in [0, 0.1) is 0 Å². The van der Waals surface area contributed by atoms with Gasteiger partial charge in [-0.3, -0.25) is 4.90 Å². The Hall–Kier alpha value is -1.33. The second-order valence-electron chi connectivity index (χ2n) is 4.87. The second-order valence-corrected chi connectivity index (χ2v) is 4.87. The summed E-state index contributed by atoms with van der Waals surface area (Å²) in [5.41, 5.74) is 5.72. The van der Waals surface area contributed by atoms with Gasteiger partial charge in [0.15, 0.2) is 0 Å². The van der Waals surface area contributed by atoms with Crippen LogP contribution in [0.25, 0.3) is 0 Å². The van der Waals surface area contributed by atoms with Crippen molar-refractivity contribution in [3.05, 3.63) is 18.2 Å². The van der Waals surface area contributed by atoms with Crippen LogP contribution in [0.5, 0.6) is 5.88 Å². The third kappa shape index (κ3) is 3.58. The van der Waals surface area contributed by atoms with E-state index in [0.29, 0.717) is 18.5 Å². The van der Waals surface area contributed by atoms with Crippen LogP contribution in [0.15, 0.2) is 18.2 Å². The molecule has 0 spiro atoms. The average molecular weight is 264 g/mol. The number of anilines is 1. The molecule has 1 aliphatic rings. The Labute approximate surface area is 115 Å². The first-order valence-electron chi connectivity index (χ1n) is 7.03. The van der Waals surface area contributed by atoms with Gasteiger partial charge in [0, 0.05) is 44.8 Å². The number of nitrogens with two attached hydrogens (primary N) is 1. The standard InChI is InChI=1S/C14H24N4O/c1-3-19-14-6-4-5-13(16-14)18-9-7-17(8-10-18)12(2)11-15/h4-6,12H,3,7-11,15H2,1-2H3. The molecule has 0 aromatic carbocycles. The van der Waals surface area contributed by atoms with E-state index in [0.717, 1.165) is 38.5 Å². The van der Waals surface area contributed by atoms with Crippen LogP contribution in [-0.2, 0) is 0 Å².